The molecule has 2 N–H and O–H groups in total. The Kier molecular flexibility index (Phi) is 6.46. The van der Waals surface area contributed by atoms with Crippen LogP contribution in [-0.4, -0.2) is 20.9 Å². The Morgan fingerprint density at radius 3 is 2.40 bits per heavy atom. The SMILES string of the molecule is N#Cc1ccc(NC(=O)CCNS(=O)(=O)/C=C/c2ccccc2)cc1. The van der Waals surface area contributed by atoms with Crippen molar-refractivity contribution in [3.8, 4) is 6.07 Å². The van der Waals surface area contributed by atoms with Gasteiger partial charge in [-0.05, 0) is 35.9 Å². The van der Waals surface area contributed by atoms with Gasteiger partial charge in [0.05, 0.1) is 11.6 Å². The van der Waals surface area contributed by atoms with Crippen LogP contribution in [0.4, 0.5) is 5.69 Å². The molecule has 25 heavy (non-hydrogen) atoms. The van der Waals surface area contributed by atoms with Crippen molar-refractivity contribution in [2.45, 2.75) is 6.42 Å². The minimum atomic E-state index is -3.60. The molecule has 0 aliphatic rings. The molecule has 2 rings (SSSR count). The molecular formula is C18H17N3O3S. The predicted molar refractivity (Wildman–Crippen MR) is 96.8 cm³/mol. The number of hydrogen-bond donors (Lipinski definition) is 2. The third kappa shape index (κ3) is 6.59. The summed E-state index contributed by atoms with van der Waals surface area (Å²) >= 11 is 0. The Morgan fingerprint density at radius 2 is 1.76 bits per heavy atom. The fourth-order valence-corrected chi connectivity index (χ4v) is 2.76. The number of sulfonamides is 1. The quantitative estimate of drug-likeness (QED) is 0.797. The fourth-order valence-electron chi connectivity index (χ4n) is 1.94. The van der Waals surface area contributed by atoms with Gasteiger partial charge in [0, 0.05) is 24.1 Å². The highest BCUT2D eigenvalue weighted by molar-refractivity contribution is 7.92. The largest absolute Gasteiger partial charge is 0.326 e. The van der Waals surface area contributed by atoms with Gasteiger partial charge in [0.15, 0.2) is 0 Å². The lowest BCUT2D eigenvalue weighted by Gasteiger charge is -2.06. The zero-order valence-corrected chi connectivity index (χ0v) is 14.2. The van der Waals surface area contributed by atoms with Gasteiger partial charge in [-0.1, -0.05) is 30.3 Å². The lowest BCUT2D eigenvalue weighted by molar-refractivity contribution is -0.116. The summed E-state index contributed by atoms with van der Waals surface area (Å²) < 4.78 is 26.1. The second-order valence-corrected chi connectivity index (χ2v) is 6.79. The van der Waals surface area contributed by atoms with Crippen LogP contribution in [0.3, 0.4) is 0 Å². The number of rotatable bonds is 7. The van der Waals surface area contributed by atoms with E-state index in [1.54, 1.807) is 36.4 Å². The summed E-state index contributed by atoms with van der Waals surface area (Å²) in [5.41, 5.74) is 1.82. The summed E-state index contributed by atoms with van der Waals surface area (Å²) in [5.74, 6) is -0.320. The van der Waals surface area contributed by atoms with Crippen LogP contribution in [0, 0.1) is 11.3 Å². The van der Waals surface area contributed by atoms with Gasteiger partial charge in [-0.15, -0.1) is 0 Å². The number of nitrogens with zero attached hydrogens (tertiary/aromatic N) is 1. The fraction of sp³-hybridized carbons (Fsp3) is 0.111. The normalized spacial score (nSPS) is 11.2. The van der Waals surface area contributed by atoms with Crippen LogP contribution in [0.2, 0.25) is 0 Å². The number of nitrogens with one attached hydrogen (secondary N) is 2. The molecule has 0 heterocycles. The number of carbonyl (C=O) groups is 1. The van der Waals surface area contributed by atoms with Crippen molar-refractivity contribution >= 4 is 27.7 Å². The van der Waals surface area contributed by atoms with E-state index < -0.39 is 10.0 Å². The second kappa shape index (κ2) is 8.78. The maximum Gasteiger partial charge on any atom is 0.233 e. The predicted octanol–water partition coefficient (Wildman–Crippen LogP) is 2.48. The Balaban J connectivity index is 1.79. The summed E-state index contributed by atoms with van der Waals surface area (Å²) in [6, 6.07) is 17.4. The molecule has 1 amide bonds. The van der Waals surface area contributed by atoms with Crippen molar-refractivity contribution < 1.29 is 13.2 Å². The first-order chi connectivity index (χ1) is 12.0. The van der Waals surface area contributed by atoms with Crippen LogP contribution in [0.15, 0.2) is 60.0 Å². The topological polar surface area (TPSA) is 99.1 Å². The van der Waals surface area contributed by atoms with Crippen molar-refractivity contribution in [3.63, 3.8) is 0 Å². The van der Waals surface area contributed by atoms with Gasteiger partial charge in [0.1, 0.15) is 0 Å². The van der Waals surface area contributed by atoms with E-state index in [9.17, 15) is 13.2 Å². The number of amides is 1. The molecule has 0 unspecified atom stereocenters. The highest BCUT2D eigenvalue weighted by Crippen LogP contribution is 2.09. The molecule has 0 aliphatic carbocycles. The molecule has 0 atom stereocenters. The van der Waals surface area contributed by atoms with Crippen molar-refractivity contribution in [2.75, 3.05) is 11.9 Å². The molecule has 0 saturated heterocycles. The summed E-state index contributed by atoms with van der Waals surface area (Å²) in [6.07, 6.45) is 1.48. The van der Waals surface area contributed by atoms with Crippen molar-refractivity contribution in [1.29, 1.82) is 5.26 Å². The van der Waals surface area contributed by atoms with Crippen LogP contribution in [0.5, 0.6) is 0 Å². The number of carbonyl (C=O) groups excluding carboxylic acids is 1. The zero-order chi connectivity index (χ0) is 18.1. The molecule has 0 fully saturated rings. The maximum atomic E-state index is 11.9. The Hall–Kier alpha value is -2.95. The van der Waals surface area contributed by atoms with Crippen LogP contribution in [-0.2, 0) is 14.8 Å². The molecule has 128 valence electrons. The molecule has 0 saturated carbocycles. The van der Waals surface area contributed by atoms with Gasteiger partial charge < -0.3 is 5.32 Å². The first-order valence-electron chi connectivity index (χ1n) is 7.51. The standard InChI is InChI=1S/C18H17N3O3S/c19-14-16-6-8-17(9-7-16)21-18(22)10-12-20-25(23,24)13-11-15-4-2-1-3-5-15/h1-9,11,13,20H,10,12H2,(H,21,22)/b13-11+. The monoisotopic (exact) mass is 355 g/mol. The molecule has 0 aliphatic heterocycles. The molecule has 6 nitrogen and oxygen atoms in total. The maximum absolute atomic E-state index is 11.9. The molecule has 2 aromatic rings. The van der Waals surface area contributed by atoms with E-state index in [1.165, 1.54) is 6.08 Å². The van der Waals surface area contributed by atoms with E-state index in [0.29, 0.717) is 11.3 Å². The van der Waals surface area contributed by atoms with Gasteiger partial charge >= 0.3 is 0 Å². The Bertz CT molecular complexity index is 883. The van der Waals surface area contributed by atoms with E-state index in [1.807, 2.05) is 24.3 Å². The van der Waals surface area contributed by atoms with Crippen LogP contribution in [0.1, 0.15) is 17.5 Å². The Morgan fingerprint density at radius 1 is 1.08 bits per heavy atom. The molecular weight excluding hydrogens is 338 g/mol. The van der Waals surface area contributed by atoms with E-state index in [0.717, 1.165) is 11.0 Å². The van der Waals surface area contributed by atoms with Gasteiger partial charge in [-0.3, -0.25) is 4.79 Å². The lowest BCUT2D eigenvalue weighted by atomic mass is 10.2. The summed E-state index contributed by atoms with van der Waals surface area (Å²) in [4.78, 5) is 11.8. The summed E-state index contributed by atoms with van der Waals surface area (Å²) in [7, 11) is -3.60. The second-order valence-electron chi connectivity index (χ2n) is 5.14. The minimum Gasteiger partial charge on any atom is -0.326 e. The number of benzene rings is 2. The van der Waals surface area contributed by atoms with Crippen molar-refractivity contribution in [3.05, 3.63) is 71.1 Å². The lowest BCUT2D eigenvalue weighted by Crippen LogP contribution is -2.26. The molecule has 0 spiro atoms. The van der Waals surface area contributed by atoms with E-state index in [-0.39, 0.29) is 18.9 Å². The molecule has 7 heteroatoms. The summed E-state index contributed by atoms with van der Waals surface area (Å²) in [6.45, 7) is -0.0103. The molecule has 2 aromatic carbocycles. The van der Waals surface area contributed by atoms with Gasteiger partial charge in [0.2, 0.25) is 15.9 Å². The molecule has 0 bridgehead atoms. The first-order valence-corrected chi connectivity index (χ1v) is 9.06. The molecule has 0 radical (unpaired) electrons. The minimum absolute atomic E-state index is 0.00158. The van der Waals surface area contributed by atoms with E-state index in [4.69, 9.17) is 5.26 Å². The molecule has 0 aromatic heterocycles. The number of anilines is 1. The summed E-state index contributed by atoms with van der Waals surface area (Å²) in [5, 5.41) is 12.4. The van der Waals surface area contributed by atoms with E-state index >= 15 is 0 Å². The van der Waals surface area contributed by atoms with E-state index in [2.05, 4.69) is 10.0 Å². The van der Waals surface area contributed by atoms with Crippen molar-refractivity contribution in [2.24, 2.45) is 0 Å². The highest BCUT2D eigenvalue weighted by Gasteiger charge is 2.07. The Labute approximate surface area is 146 Å². The van der Waals surface area contributed by atoms with Gasteiger partial charge in [-0.2, -0.15) is 5.26 Å². The third-order valence-electron chi connectivity index (χ3n) is 3.19. The van der Waals surface area contributed by atoms with Crippen LogP contribution >= 0.6 is 0 Å². The van der Waals surface area contributed by atoms with Gasteiger partial charge in [0.25, 0.3) is 0 Å². The smallest absolute Gasteiger partial charge is 0.233 e. The van der Waals surface area contributed by atoms with Gasteiger partial charge in [-0.25, -0.2) is 13.1 Å². The average Bonchev–Trinajstić information content (AvgIpc) is 2.61. The average molecular weight is 355 g/mol. The first kappa shape index (κ1) is 18.4. The van der Waals surface area contributed by atoms with Crippen molar-refractivity contribution in [1.82, 2.24) is 4.72 Å². The van der Waals surface area contributed by atoms with Crippen LogP contribution < -0.4 is 10.0 Å². The van der Waals surface area contributed by atoms with Crippen LogP contribution in [0.25, 0.3) is 6.08 Å². The number of nitriles is 1. The highest BCUT2D eigenvalue weighted by atomic mass is 32.2. The number of hydrogen-bond acceptors (Lipinski definition) is 4. The third-order valence-corrected chi connectivity index (χ3v) is 4.29. The zero-order valence-electron chi connectivity index (χ0n) is 13.3.